The number of likely N-dealkylation sites (tertiary alicyclic amines) is 1. The number of carbonyl (C=O) groups is 4. The van der Waals surface area contributed by atoms with E-state index in [9.17, 15) is 27.6 Å². The Labute approximate surface area is 241 Å². The maximum absolute atomic E-state index is 13.8. The van der Waals surface area contributed by atoms with E-state index in [0.717, 1.165) is 6.26 Å². The summed E-state index contributed by atoms with van der Waals surface area (Å²) in [6.45, 7) is 0.251. The van der Waals surface area contributed by atoms with Crippen LogP contribution in [0.2, 0.25) is 5.02 Å². The second-order valence-corrected chi connectivity index (χ2v) is 12.0. The largest absolute Gasteiger partial charge is 0.453 e. The number of rotatable bonds is 8. The number of piperidine rings is 1. The standard InChI is InChI=1S/C26H30ClN5O8S/c1-39-24(35)29-18-7-4-16(5-8-18)22(33)30-21(10-12-28-41(2,37)38)23(34)32-13-3-11-26(15-32)19-14-17(27)6-9-20(19)31-25(36)40-26/h4-9,14,21,28H,3,10-13,15H2,1-2H3,(H,29,35)(H,30,33)(H,31,36)/t21-,26-/m0/s1. The molecule has 0 aromatic heterocycles. The van der Waals surface area contributed by atoms with E-state index in [0.29, 0.717) is 41.3 Å². The molecule has 13 nitrogen and oxygen atoms in total. The lowest BCUT2D eigenvalue weighted by Crippen LogP contribution is -2.57. The molecule has 2 atom stereocenters. The molecule has 1 spiro atoms. The fourth-order valence-corrected chi connectivity index (χ4v) is 5.53. The number of anilines is 2. The fourth-order valence-electron chi connectivity index (χ4n) is 4.87. The van der Waals surface area contributed by atoms with Crippen LogP contribution in [0, 0.1) is 0 Å². The number of hydrogen-bond acceptors (Lipinski definition) is 8. The summed E-state index contributed by atoms with van der Waals surface area (Å²) < 4.78 is 35.9. The Hall–Kier alpha value is -3.88. The molecule has 0 radical (unpaired) electrons. The Kier molecular flexibility index (Phi) is 9.05. The molecule has 15 heteroatoms. The Balaban J connectivity index is 1.54. The molecule has 4 rings (SSSR count). The predicted octanol–water partition coefficient (Wildman–Crippen LogP) is 2.64. The zero-order chi connectivity index (χ0) is 29.8. The van der Waals surface area contributed by atoms with Gasteiger partial charge in [0.05, 0.1) is 25.6 Å². The molecular weight excluding hydrogens is 578 g/mol. The van der Waals surface area contributed by atoms with Gasteiger partial charge >= 0.3 is 12.2 Å². The maximum Gasteiger partial charge on any atom is 0.412 e. The summed E-state index contributed by atoms with van der Waals surface area (Å²) in [4.78, 5) is 52.2. The lowest BCUT2D eigenvalue weighted by molar-refractivity contribution is -0.141. The number of fused-ring (bicyclic) bond motifs is 2. The average molecular weight is 608 g/mol. The van der Waals surface area contributed by atoms with Gasteiger partial charge in [-0.3, -0.25) is 20.2 Å². The number of hydrogen-bond donors (Lipinski definition) is 4. The first-order valence-corrected chi connectivity index (χ1v) is 15.0. The van der Waals surface area contributed by atoms with Gasteiger partial charge in [0.2, 0.25) is 15.9 Å². The van der Waals surface area contributed by atoms with Crippen molar-refractivity contribution < 1.29 is 37.1 Å². The van der Waals surface area contributed by atoms with Crippen molar-refractivity contribution in [2.45, 2.75) is 30.9 Å². The van der Waals surface area contributed by atoms with E-state index < -0.39 is 45.7 Å². The van der Waals surface area contributed by atoms with Crippen LogP contribution in [0.5, 0.6) is 0 Å². The molecule has 4 amide bonds. The zero-order valence-corrected chi connectivity index (χ0v) is 23.9. The molecule has 41 heavy (non-hydrogen) atoms. The molecular formula is C26H30ClN5O8S. The van der Waals surface area contributed by atoms with Crippen LogP contribution in [0.4, 0.5) is 21.0 Å². The van der Waals surface area contributed by atoms with Crippen molar-refractivity contribution >= 4 is 57.0 Å². The second-order valence-electron chi connectivity index (χ2n) is 9.74. The van der Waals surface area contributed by atoms with Crippen LogP contribution < -0.4 is 20.7 Å². The summed E-state index contributed by atoms with van der Waals surface area (Å²) in [5.41, 5.74) is 0.641. The quantitative estimate of drug-likeness (QED) is 0.354. The normalized spacial score (nSPS) is 18.9. The second kappa shape index (κ2) is 12.3. The first-order chi connectivity index (χ1) is 19.4. The van der Waals surface area contributed by atoms with E-state index in [1.807, 2.05) is 0 Å². The third-order valence-electron chi connectivity index (χ3n) is 6.74. The molecule has 220 valence electrons. The first kappa shape index (κ1) is 30.1. The van der Waals surface area contributed by atoms with Gasteiger partial charge in [0.25, 0.3) is 5.91 Å². The molecule has 0 aliphatic carbocycles. The van der Waals surface area contributed by atoms with Crippen molar-refractivity contribution in [2.75, 3.05) is 43.6 Å². The summed E-state index contributed by atoms with van der Waals surface area (Å²) in [5.74, 6) is -1.04. The molecule has 0 bridgehead atoms. The van der Waals surface area contributed by atoms with Gasteiger partial charge in [0.15, 0.2) is 5.60 Å². The molecule has 1 saturated heterocycles. The van der Waals surface area contributed by atoms with Gasteiger partial charge in [-0.2, -0.15) is 0 Å². The number of methoxy groups -OCH3 is 1. The van der Waals surface area contributed by atoms with Crippen molar-refractivity contribution in [3.8, 4) is 0 Å². The number of benzene rings is 2. The summed E-state index contributed by atoms with van der Waals surface area (Å²) in [7, 11) is -2.32. The van der Waals surface area contributed by atoms with Crippen LogP contribution in [0.3, 0.4) is 0 Å². The van der Waals surface area contributed by atoms with Gasteiger partial charge in [-0.25, -0.2) is 22.7 Å². The van der Waals surface area contributed by atoms with Gasteiger partial charge < -0.3 is 19.7 Å². The minimum atomic E-state index is -3.54. The summed E-state index contributed by atoms with van der Waals surface area (Å²) in [6, 6.07) is 9.82. The monoisotopic (exact) mass is 607 g/mol. The lowest BCUT2D eigenvalue weighted by atomic mass is 9.83. The van der Waals surface area contributed by atoms with Crippen molar-refractivity contribution in [1.29, 1.82) is 0 Å². The topological polar surface area (TPSA) is 172 Å². The highest BCUT2D eigenvalue weighted by atomic mass is 35.5. The van der Waals surface area contributed by atoms with E-state index >= 15 is 0 Å². The minimum Gasteiger partial charge on any atom is -0.453 e. The Morgan fingerprint density at radius 3 is 2.61 bits per heavy atom. The van der Waals surface area contributed by atoms with Crippen molar-refractivity contribution in [2.24, 2.45) is 0 Å². The molecule has 0 unspecified atom stereocenters. The number of nitrogens with zero attached hydrogens (tertiary/aromatic N) is 1. The van der Waals surface area contributed by atoms with E-state index in [1.165, 1.54) is 36.3 Å². The SMILES string of the molecule is COC(=O)Nc1ccc(C(=O)N[C@@H](CCNS(C)(=O)=O)C(=O)N2CCC[C@@]3(C2)OC(=O)Nc2ccc(Cl)cc23)cc1. The molecule has 2 aliphatic heterocycles. The van der Waals surface area contributed by atoms with E-state index in [4.69, 9.17) is 16.3 Å². The van der Waals surface area contributed by atoms with Gasteiger partial charge in [-0.15, -0.1) is 0 Å². The van der Waals surface area contributed by atoms with Gasteiger partial charge in [0, 0.05) is 34.9 Å². The van der Waals surface area contributed by atoms with Crippen LogP contribution in [-0.2, 0) is 29.9 Å². The third-order valence-corrected chi connectivity index (χ3v) is 7.71. The summed E-state index contributed by atoms with van der Waals surface area (Å²) in [6.07, 6.45) is 0.594. The number of halogens is 1. The smallest absolute Gasteiger partial charge is 0.412 e. The van der Waals surface area contributed by atoms with Crippen LogP contribution in [0.15, 0.2) is 42.5 Å². The lowest BCUT2D eigenvalue weighted by Gasteiger charge is -2.45. The molecule has 0 saturated carbocycles. The zero-order valence-electron chi connectivity index (χ0n) is 22.4. The highest BCUT2D eigenvalue weighted by Crippen LogP contribution is 2.43. The number of carbonyl (C=O) groups excluding carboxylic acids is 4. The van der Waals surface area contributed by atoms with E-state index in [2.05, 4.69) is 25.4 Å². The van der Waals surface area contributed by atoms with Gasteiger partial charge in [-0.05, 0) is 61.7 Å². The molecule has 2 heterocycles. The van der Waals surface area contributed by atoms with Crippen LogP contribution in [0.1, 0.15) is 35.2 Å². The molecule has 2 aromatic carbocycles. The Morgan fingerprint density at radius 1 is 1.20 bits per heavy atom. The highest BCUT2D eigenvalue weighted by molar-refractivity contribution is 7.88. The van der Waals surface area contributed by atoms with E-state index in [1.54, 1.807) is 18.2 Å². The fraction of sp³-hybridized carbons (Fsp3) is 0.385. The highest BCUT2D eigenvalue weighted by Gasteiger charge is 2.47. The predicted molar refractivity (Wildman–Crippen MR) is 150 cm³/mol. The summed E-state index contributed by atoms with van der Waals surface area (Å²) >= 11 is 6.24. The van der Waals surface area contributed by atoms with E-state index in [-0.39, 0.29) is 25.1 Å². The number of nitrogens with one attached hydrogen (secondary N) is 4. The van der Waals surface area contributed by atoms with Crippen molar-refractivity contribution in [3.63, 3.8) is 0 Å². The molecule has 2 aromatic rings. The van der Waals surface area contributed by atoms with Crippen LogP contribution in [0.25, 0.3) is 0 Å². The van der Waals surface area contributed by atoms with Crippen molar-refractivity contribution in [3.05, 3.63) is 58.6 Å². The molecule has 4 N–H and O–H groups in total. The van der Waals surface area contributed by atoms with Crippen LogP contribution >= 0.6 is 11.6 Å². The average Bonchev–Trinajstić information content (AvgIpc) is 2.92. The number of ether oxygens (including phenoxy) is 2. The number of amides is 4. The summed E-state index contributed by atoms with van der Waals surface area (Å²) in [5, 5.41) is 8.27. The first-order valence-electron chi connectivity index (χ1n) is 12.7. The van der Waals surface area contributed by atoms with Gasteiger partial charge in [-0.1, -0.05) is 11.6 Å². The third kappa shape index (κ3) is 7.45. The molecule has 2 aliphatic rings. The number of sulfonamides is 1. The Morgan fingerprint density at radius 2 is 1.93 bits per heavy atom. The maximum atomic E-state index is 13.8. The van der Waals surface area contributed by atoms with Crippen LogP contribution in [-0.4, -0.2) is 76.4 Å². The van der Waals surface area contributed by atoms with Gasteiger partial charge in [0.1, 0.15) is 6.04 Å². The molecule has 1 fully saturated rings. The minimum absolute atomic E-state index is 0.0202. The van der Waals surface area contributed by atoms with Crippen molar-refractivity contribution in [1.82, 2.24) is 14.9 Å². The Bertz CT molecular complexity index is 1450.